The first-order chi connectivity index (χ1) is 11.3. The number of nitrogens with zero attached hydrogens (tertiary/aromatic N) is 1. The Hall–Kier alpha value is -2.59. The predicted octanol–water partition coefficient (Wildman–Crippen LogP) is 4.93. The van der Waals surface area contributed by atoms with E-state index in [0.29, 0.717) is 5.56 Å². The summed E-state index contributed by atoms with van der Waals surface area (Å²) >= 11 is 3.42. The summed E-state index contributed by atoms with van der Waals surface area (Å²) in [5.74, 6) is -0.176. The molecule has 0 fully saturated rings. The van der Waals surface area contributed by atoms with Gasteiger partial charge in [-0.3, -0.25) is 15.2 Å². The Morgan fingerprint density at radius 2 is 1.22 bits per heavy atom. The highest BCUT2D eigenvalue weighted by Crippen LogP contribution is 2.23. The van der Waals surface area contributed by atoms with Crippen molar-refractivity contribution < 1.29 is 4.79 Å². The highest BCUT2D eigenvalue weighted by Gasteiger charge is 2.15. The number of anilines is 2. The maximum absolute atomic E-state index is 12.6. The molecule has 0 saturated carbocycles. The van der Waals surface area contributed by atoms with Gasteiger partial charge in [-0.25, -0.2) is 0 Å². The van der Waals surface area contributed by atoms with Crippen molar-refractivity contribution in [3.63, 3.8) is 0 Å². The molecule has 1 N–H and O–H groups in total. The summed E-state index contributed by atoms with van der Waals surface area (Å²) in [6.07, 6.45) is 0. The highest BCUT2D eigenvalue weighted by atomic mass is 79.9. The van der Waals surface area contributed by atoms with Crippen molar-refractivity contribution in [1.82, 2.24) is 5.43 Å². The zero-order chi connectivity index (χ0) is 16.1. The molecule has 0 aromatic heterocycles. The minimum Gasteiger partial charge on any atom is -0.267 e. The van der Waals surface area contributed by atoms with Crippen LogP contribution in [0.3, 0.4) is 0 Å². The number of hydrazine groups is 1. The van der Waals surface area contributed by atoms with E-state index in [9.17, 15) is 4.79 Å². The largest absolute Gasteiger partial charge is 0.271 e. The summed E-state index contributed by atoms with van der Waals surface area (Å²) in [5, 5.41) is 1.78. The average molecular weight is 367 g/mol. The van der Waals surface area contributed by atoms with Crippen LogP contribution in [0.1, 0.15) is 10.4 Å². The summed E-state index contributed by atoms with van der Waals surface area (Å²) in [4.78, 5) is 12.6. The molecule has 3 aromatic carbocycles. The van der Waals surface area contributed by atoms with Gasteiger partial charge in [0.15, 0.2) is 0 Å². The Labute approximate surface area is 143 Å². The minimum absolute atomic E-state index is 0.176. The third-order valence-electron chi connectivity index (χ3n) is 3.36. The fourth-order valence-corrected chi connectivity index (χ4v) is 2.70. The normalized spacial score (nSPS) is 10.1. The first-order valence-electron chi connectivity index (χ1n) is 7.21. The van der Waals surface area contributed by atoms with Gasteiger partial charge in [-0.1, -0.05) is 48.5 Å². The molecule has 0 spiro atoms. The molecule has 0 radical (unpaired) electrons. The molecule has 4 heteroatoms. The van der Waals surface area contributed by atoms with E-state index in [4.69, 9.17) is 0 Å². The lowest BCUT2D eigenvalue weighted by atomic mass is 10.2. The zero-order valence-corrected chi connectivity index (χ0v) is 13.9. The fourth-order valence-electron chi connectivity index (χ4n) is 2.24. The van der Waals surface area contributed by atoms with Crippen LogP contribution in [0.2, 0.25) is 0 Å². The van der Waals surface area contributed by atoms with Crippen LogP contribution in [0.4, 0.5) is 11.4 Å². The number of carbonyl (C=O) groups excluding carboxylic acids is 1. The van der Waals surface area contributed by atoms with Crippen molar-refractivity contribution >= 4 is 33.2 Å². The second-order valence-corrected chi connectivity index (χ2v) is 5.78. The molecule has 0 aliphatic carbocycles. The highest BCUT2D eigenvalue weighted by molar-refractivity contribution is 9.10. The molecular formula is C19H15BrN2O. The van der Waals surface area contributed by atoms with Crippen molar-refractivity contribution in [3.8, 4) is 0 Å². The molecule has 0 aliphatic heterocycles. The first-order valence-corrected chi connectivity index (χ1v) is 8.01. The minimum atomic E-state index is -0.176. The summed E-state index contributed by atoms with van der Waals surface area (Å²) in [6.45, 7) is 0. The standard InChI is InChI=1S/C19H15BrN2O/c20-18-14-8-7-13-17(18)19(23)21-22(15-9-3-1-4-10-15)16-11-5-2-6-12-16/h1-14H,(H,21,23). The van der Waals surface area contributed by atoms with Crippen LogP contribution < -0.4 is 10.4 Å². The van der Waals surface area contributed by atoms with Crippen molar-refractivity contribution in [3.05, 3.63) is 95.0 Å². The van der Waals surface area contributed by atoms with Gasteiger partial charge in [-0.2, -0.15) is 0 Å². The van der Waals surface area contributed by atoms with Gasteiger partial charge >= 0.3 is 0 Å². The quantitative estimate of drug-likeness (QED) is 0.663. The molecule has 114 valence electrons. The van der Waals surface area contributed by atoms with E-state index in [-0.39, 0.29) is 5.91 Å². The molecular weight excluding hydrogens is 352 g/mol. The monoisotopic (exact) mass is 366 g/mol. The van der Waals surface area contributed by atoms with Gasteiger partial charge in [0, 0.05) is 4.47 Å². The van der Waals surface area contributed by atoms with E-state index >= 15 is 0 Å². The molecule has 3 nitrogen and oxygen atoms in total. The zero-order valence-electron chi connectivity index (χ0n) is 12.3. The SMILES string of the molecule is O=C(NN(c1ccccc1)c1ccccc1)c1ccccc1Br. The van der Waals surface area contributed by atoms with Crippen LogP contribution in [0.5, 0.6) is 0 Å². The number of rotatable bonds is 4. The Kier molecular flexibility index (Phi) is 4.74. The maximum Gasteiger partial charge on any atom is 0.271 e. The molecule has 3 rings (SSSR count). The Morgan fingerprint density at radius 1 is 0.739 bits per heavy atom. The fraction of sp³-hybridized carbons (Fsp3) is 0. The van der Waals surface area contributed by atoms with Crippen LogP contribution in [0, 0.1) is 0 Å². The summed E-state index contributed by atoms with van der Waals surface area (Å²) in [6, 6.07) is 26.8. The van der Waals surface area contributed by atoms with Gasteiger partial charge in [0.1, 0.15) is 0 Å². The second kappa shape index (κ2) is 7.11. The van der Waals surface area contributed by atoms with E-state index in [1.54, 1.807) is 11.1 Å². The van der Waals surface area contributed by atoms with Crippen molar-refractivity contribution in [2.45, 2.75) is 0 Å². The van der Waals surface area contributed by atoms with E-state index in [2.05, 4.69) is 21.4 Å². The van der Waals surface area contributed by atoms with Crippen LogP contribution >= 0.6 is 15.9 Å². The van der Waals surface area contributed by atoms with E-state index in [1.807, 2.05) is 78.9 Å². The molecule has 0 unspecified atom stereocenters. The van der Waals surface area contributed by atoms with Gasteiger partial charge < -0.3 is 0 Å². The summed E-state index contributed by atoms with van der Waals surface area (Å²) < 4.78 is 0.763. The Morgan fingerprint density at radius 3 is 1.74 bits per heavy atom. The third kappa shape index (κ3) is 3.60. The van der Waals surface area contributed by atoms with Crippen LogP contribution in [0.25, 0.3) is 0 Å². The van der Waals surface area contributed by atoms with Gasteiger partial charge in [0.05, 0.1) is 16.9 Å². The molecule has 0 bridgehead atoms. The smallest absolute Gasteiger partial charge is 0.267 e. The van der Waals surface area contributed by atoms with Gasteiger partial charge in [-0.15, -0.1) is 0 Å². The molecule has 0 aliphatic rings. The lowest BCUT2D eigenvalue weighted by Crippen LogP contribution is -2.39. The molecule has 0 atom stereocenters. The van der Waals surface area contributed by atoms with Gasteiger partial charge in [-0.05, 0) is 52.3 Å². The van der Waals surface area contributed by atoms with Crippen molar-refractivity contribution in [2.24, 2.45) is 0 Å². The van der Waals surface area contributed by atoms with Gasteiger partial charge in [0.2, 0.25) is 0 Å². The number of carbonyl (C=O) groups is 1. The average Bonchev–Trinajstić information content (AvgIpc) is 2.61. The topological polar surface area (TPSA) is 32.3 Å². The molecule has 1 amide bonds. The van der Waals surface area contributed by atoms with Crippen molar-refractivity contribution in [1.29, 1.82) is 0 Å². The Bertz CT molecular complexity index is 751. The molecule has 0 saturated heterocycles. The molecule has 3 aromatic rings. The maximum atomic E-state index is 12.6. The number of nitrogens with one attached hydrogen (secondary N) is 1. The lowest BCUT2D eigenvalue weighted by molar-refractivity contribution is 0.0953. The number of benzene rings is 3. The summed E-state index contributed by atoms with van der Waals surface area (Å²) in [7, 11) is 0. The first kappa shape index (κ1) is 15.3. The van der Waals surface area contributed by atoms with E-state index < -0.39 is 0 Å². The number of amides is 1. The predicted molar refractivity (Wildman–Crippen MR) is 96.6 cm³/mol. The Balaban J connectivity index is 1.94. The van der Waals surface area contributed by atoms with Crippen LogP contribution in [-0.4, -0.2) is 5.91 Å². The summed E-state index contributed by atoms with van der Waals surface area (Å²) in [5.41, 5.74) is 5.33. The van der Waals surface area contributed by atoms with Crippen molar-refractivity contribution in [2.75, 3.05) is 5.01 Å². The number of hydrogen-bond donors (Lipinski definition) is 1. The van der Waals surface area contributed by atoms with Crippen LogP contribution in [0.15, 0.2) is 89.4 Å². The van der Waals surface area contributed by atoms with Crippen LogP contribution in [-0.2, 0) is 0 Å². The number of para-hydroxylation sites is 2. The van der Waals surface area contributed by atoms with E-state index in [0.717, 1.165) is 15.8 Å². The lowest BCUT2D eigenvalue weighted by Gasteiger charge is -2.25. The number of halogens is 1. The molecule has 0 heterocycles. The van der Waals surface area contributed by atoms with E-state index in [1.165, 1.54) is 0 Å². The molecule has 23 heavy (non-hydrogen) atoms. The third-order valence-corrected chi connectivity index (χ3v) is 4.05. The number of hydrogen-bond acceptors (Lipinski definition) is 2. The van der Waals surface area contributed by atoms with Gasteiger partial charge in [0.25, 0.3) is 5.91 Å². The second-order valence-electron chi connectivity index (χ2n) is 4.93.